The van der Waals surface area contributed by atoms with E-state index in [1.165, 1.54) is 0 Å². The van der Waals surface area contributed by atoms with Crippen molar-refractivity contribution in [1.29, 1.82) is 0 Å². The summed E-state index contributed by atoms with van der Waals surface area (Å²) in [5.74, 6) is -2.53. The number of amides is 1. The van der Waals surface area contributed by atoms with E-state index >= 15 is 0 Å². The van der Waals surface area contributed by atoms with Crippen LogP contribution in [0.2, 0.25) is 0 Å². The molecule has 0 unspecified atom stereocenters. The zero-order valence-corrected chi connectivity index (χ0v) is 24.1. The molecule has 0 radical (unpaired) electrons. The van der Waals surface area contributed by atoms with Crippen LogP contribution < -0.4 is 14.2 Å². The van der Waals surface area contributed by atoms with Crippen LogP contribution in [0.25, 0.3) is 11.1 Å². The normalized spacial score (nSPS) is 13.7. The van der Waals surface area contributed by atoms with Crippen molar-refractivity contribution in [2.24, 2.45) is 0 Å². The zero-order chi connectivity index (χ0) is 32.1. The van der Waals surface area contributed by atoms with Gasteiger partial charge in [-0.1, -0.05) is 72.8 Å². The van der Waals surface area contributed by atoms with Gasteiger partial charge < -0.3 is 34.4 Å². The van der Waals surface area contributed by atoms with Crippen molar-refractivity contribution in [1.82, 2.24) is 4.90 Å². The van der Waals surface area contributed by atoms with Crippen molar-refractivity contribution < 1.29 is 48.7 Å². The number of rotatable bonds is 8. The van der Waals surface area contributed by atoms with Crippen molar-refractivity contribution in [3.05, 3.63) is 113 Å². The molecule has 45 heavy (non-hydrogen) atoms. The molecule has 0 saturated carbocycles. The van der Waals surface area contributed by atoms with Gasteiger partial charge in [-0.05, 0) is 59.6 Å². The van der Waals surface area contributed by atoms with E-state index in [0.29, 0.717) is 6.42 Å². The summed E-state index contributed by atoms with van der Waals surface area (Å²) in [5, 5.41) is 27.8. The predicted octanol–water partition coefficient (Wildman–Crippen LogP) is 7.55. The molecule has 11 nitrogen and oxygen atoms in total. The van der Waals surface area contributed by atoms with E-state index in [0.717, 1.165) is 58.4 Å². The lowest BCUT2D eigenvalue weighted by molar-refractivity contribution is 0.0633. The number of carbonyl (C=O) groups excluding carboxylic acids is 1. The molecule has 1 amide bonds. The molecule has 230 valence electrons. The second-order valence-electron chi connectivity index (χ2n) is 10.5. The second kappa shape index (κ2) is 13.2. The van der Waals surface area contributed by atoms with Crippen LogP contribution in [-0.2, 0) is 13.0 Å². The van der Waals surface area contributed by atoms with Gasteiger partial charge in [-0.25, -0.2) is 14.4 Å². The minimum Gasteiger partial charge on any atom is -0.449 e. The first-order valence-electron chi connectivity index (χ1n) is 14.0. The summed E-state index contributed by atoms with van der Waals surface area (Å²) >= 11 is 0. The van der Waals surface area contributed by atoms with Crippen LogP contribution in [0, 0.1) is 6.92 Å². The summed E-state index contributed by atoms with van der Waals surface area (Å²) in [6.45, 7) is 2.14. The average Bonchev–Trinajstić information content (AvgIpc) is 3.00. The molecule has 1 aliphatic rings. The number of carbonyl (C=O) groups is 4. The maximum Gasteiger partial charge on any atom is 0.511 e. The third-order valence-electron chi connectivity index (χ3n) is 7.61. The van der Waals surface area contributed by atoms with E-state index in [-0.39, 0.29) is 12.1 Å². The zero-order valence-electron chi connectivity index (χ0n) is 24.1. The first kappa shape index (κ1) is 30.6. The molecule has 0 fully saturated rings. The van der Waals surface area contributed by atoms with Gasteiger partial charge in [-0.2, -0.15) is 0 Å². The van der Waals surface area contributed by atoms with E-state index in [2.05, 4.69) is 4.74 Å². The lowest BCUT2D eigenvalue weighted by Gasteiger charge is -2.36. The largest absolute Gasteiger partial charge is 0.511 e. The Morgan fingerprint density at radius 2 is 1.36 bits per heavy atom. The molecule has 3 N–H and O–H groups in total. The number of hydrogen-bond donors (Lipinski definition) is 3. The Morgan fingerprint density at radius 3 is 2.02 bits per heavy atom. The highest BCUT2D eigenvalue weighted by Crippen LogP contribution is 2.40. The van der Waals surface area contributed by atoms with Crippen LogP contribution in [-0.4, -0.2) is 44.6 Å². The molecule has 0 aliphatic heterocycles. The minimum absolute atomic E-state index is 0.112. The maximum absolute atomic E-state index is 14.5. The Balaban J connectivity index is 1.60. The van der Waals surface area contributed by atoms with Crippen molar-refractivity contribution in [2.45, 2.75) is 38.8 Å². The van der Waals surface area contributed by atoms with Gasteiger partial charge in [0.1, 0.15) is 0 Å². The molecule has 1 aliphatic carbocycles. The number of nitrogens with zero attached hydrogens (tertiary/aromatic N) is 1. The fourth-order valence-corrected chi connectivity index (χ4v) is 5.65. The monoisotopic (exact) mass is 611 g/mol. The Hall–Kier alpha value is -5.84. The summed E-state index contributed by atoms with van der Waals surface area (Å²) in [7, 11) is 0. The van der Waals surface area contributed by atoms with E-state index in [1.807, 2.05) is 79.7 Å². The SMILES string of the molecule is Cc1ccccc1-c1ccc(CN(C(=O)c2cc(OC(=O)O)c(OC(=O)O)cc2OC(=O)O)[C@H]2CCCc3ccccc32)cc1. The van der Waals surface area contributed by atoms with Gasteiger partial charge in [0.05, 0.1) is 11.6 Å². The highest BCUT2D eigenvalue weighted by atomic mass is 16.7. The molecule has 5 rings (SSSR count). The van der Waals surface area contributed by atoms with Crippen molar-refractivity contribution >= 4 is 24.4 Å². The number of hydrogen-bond acceptors (Lipinski definition) is 7. The van der Waals surface area contributed by atoms with Gasteiger partial charge in [0, 0.05) is 18.7 Å². The topological polar surface area (TPSA) is 160 Å². The summed E-state index contributed by atoms with van der Waals surface area (Å²) < 4.78 is 14.2. The third kappa shape index (κ3) is 7.04. The molecule has 1 atom stereocenters. The summed E-state index contributed by atoms with van der Waals surface area (Å²) in [4.78, 5) is 50.3. The number of carboxylic acid groups (broad SMARTS) is 3. The van der Waals surface area contributed by atoms with Crippen LogP contribution >= 0.6 is 0 Å². The fourth-order valence-electron chi connectivity index (χ4n) is 5.65. The van der Waals surface area contributed by atoms with Crippen molar-refractivity contribution in [3.63, 3.8) is 0 Å². The van der Waals surface area contributed by atoms with Gasteiger partial charge in [-0.3, -0.25) is 4.79 Å². The maximum atomic E-state index is 14.5. The van der Waals surface area contributed by atoms with Crippen molar-refractivity contribution in [2.75, 3.05) is 0 Å². The quantitative estimate of drug-likeness (QED) is 0.134. The Morgan fingerprint density at radius 1 is 0.756 bits per heavy atom. The summed E-state index contributed by atoms with van der Waals surface area (Å²) in [6, 6.07) is 24.8. The Kier molecular flexibility index (Phi) is 8.99. The molecule has 4 aromatic carbocycles. The standard InChI is InChI=1S/C34H29NO10/c1-20-7-2-4-10-24(20)23-15-13-21(14-16-23)19-35(27-12-6-9-22-8-3-5-11-25(22)27)31(36)26-17-29(44-33(39)40)30(45-34(41)42)18-28(26)43-32(37)38/h2-5,7-8,10-11,13-18,27H,6,9,12,19H2,1H3,(H,37,38)(H,39,40)(H,41,42)/t27-/m0/s1. The molecule has 0 saturated heterocycles. The molecule has 0 bridgehead atoms. The Labute approximate surface area is 257 Å². The van der Waals surface area contributed by atoms with E-state index in [9.17, 15) is 29.4 Å². The van der Waals surface area contributed by atoms with E-state index in [4.69, 9.17) is 14.6 Å². The number of fused-ring (bicyclic) bond motifs is 1. The minimum atomic E-state index is -1.82. The third-order valence-corrected chi connectivity index (χ3v) is 7.61. The molecule has 0 heterocycles. The van der Waals surface area contributed by atoms with Gasteiger partial charge in [0.25, 0.3) is 5.91 Å². The fraction of sp³-hybridized carbons (Fsp3) is 0.176. The summed E-state index contributed by atoms with van der Waals surface area (Å²) in [5.41, 5.74) is 5.62. The number of aryl methyl sites for hydroxylation is 2. The van der Waals surface area contributed by atoms with Gasteiger partial charge in [-0.15, -0.1) is 0 Å². The van der Waals surface area contributed by atoms with E-state index in [1.54, 1.807) is 4.90 Å². The highest BCUT2D eigenvalue weighted by molar-refractivity contribution is 5.99. The molecule has 11 heteroatoms. The molecular formula is C34H29NO10. The molecular weight excluding hydrogens is 582 g/mol. The van der Waals surface area contributed by atoms with Crippen LogP contribution in [0.1, 0.15) is 51.5 Å². The Bertz CT molecular complexity index is 1770. The van der Waals surface area contributed by atoms with Gasteiger partial charge in [0.15, 0.2) is 17.2 Å². The van der Waals surface area contributed by atoms with E-state index < -0.39 is 47.7 Å². The van der Waals surface area contributed by atoms with Crippen LogP contribution in [0.15, 0.2) is 84.9 Å². The second-order valence-corrected chi connectivity index (χ2v) is 10.5. The summed E-state index contributed by atoms with van der Waals surface area (Å²) in [6.07, 6.45) is -3.18. The molecule has 0 spiro atoms. The van der Waals surface area contributed by atoms with Crippen molar-refractivity contribution in [3.8, 4) is 28.4 Å². The van der Waals surface area contributed by atoms with Gasteiger partial charge in [0.2, 0.25) is 0 Å². The molecule has 0 aromatic heterocycles. The smallest absolute Gasteiger partial charge is 0.449 e. The van der Waals surface area contributed by atoms with Crippen LogP contribution in [0.3, 0.4) is 0 Å². The van der Waals surface area contributed by atoms with Gasteiger partial charge >= 0.3 is 18.5 Å². The lowest BCUT2D eigenvalue weighted by Crippen LogP contribution is -2.36. The van der Waals surface area contributed by atoms with Crippen LogP contribution in [0.5, 0.6) is 17.2 Å². The highest BCUT2D eigenvalue weighted by Gasteiger charge is 2.33. The number of ether oxygens (including phenoxy) is 3. The number of benzene rings is 4. The first-order valence-corrected chi connectivity index (χ1v) is 14.0. The molecule has 4 aromatic rings. The average molecular weight is 612 g/mol. The van der Waals surface area contributed by atoms with Crippen LogP contribution in [0.4, 0.5) is 14.4 Å². The lowest BCUT2D eigenvalue weighted by atomic mass is 9.86. The first-order chi connectivity index (χ1) is 21.6. The predicted molar refractivity (Wildman–Crippen MR) is 161 cm³/mol.